The van der Waals surface area contributed by atoms with Gasteiger partial charge in [0.2, 0.25) is 0 Å². The number of likely N-dealkylation sites (tertiary alicyclic amines) is 1. The van der Waals surface area contributed by atoms with E-state index < -0.39 is 23.7 Å². The molecule has 2 aromatic rings. The summed E-state index contributed by atoms with van der Waals surface area (Å²) in [5.74, 6) is -1.59. The van der Waals surface area contributed by atoms with Gasteiger partial charge in [-0.2, -0.15) is 0 Å². The van der Waals surface area contributed by atoms with Crippen LogP contribution < -0.4 is 4.74 Å². The molecule has 30 heavy (non-hydrogen) atoms. The van der Waals surface area contributed by atoms with Crippen LogP contribution in [0.1, 0.15) is 48.6 Å². The quantitative estimate of drug-likeness (QED) is 0.266. The molecule has 0 aromatic heterocycles. The average Bonchev–Trinajstić information content (AvgIpc) is 2.95. The second-order valence-corrected chi connectivity index (χ2v) is 7.45. The van der Waals surface area contributed by atoms with Crippen LogP contribution in [0.15, 0.2) is 48.0 Å². The molecule has 1 heterocycles. The maximum Gasteiger partial charge on any atom is 0.308 e. The van der Waals surface area contributed by atoms with E-state index in [0.717, 1.165) is 11.1 Å². The van der Waals surface area contributed by atoms with Crippen LogP contribution in [0.2, 0.25) is 0 Å². The van der Waals surface area contributed by atoms with E-state index in [1.54, 1.807) is 36.4 Å². The summed E-state index contributed by atoms with van der Waals surface area (Å²) in [5.41, 5.74) is 3.26. The summed E-state index contributed by atoms with van der Waals surface area (Å²) < 4.78 is 5.07. The number of esters is 1. The molecule has 1 aliphatic rings. The molecule has 6 nitrogen and oxygen atoms in total. The van der Waals surface area contributed by atoms with Crippen molar-refractivity contribution in [1.82, 2.24) is 4.90 Å². The number of amides is 1. The Labute approximate surface area is 175 Å². The van der Waals surface area contributed by atoms with E-state index in [9.17, 15) is 19.5 Å². The van der Waals surface area contributed by atoms with Gasteiger partial charge in [-0.25, -0.2) is 0 Å². The highest BCUT2D eigenvalue weighted by Crippen LogP contribution is 2.40. The summed E-state index contributed by atoms with van der Waals surface area (Å²) in [6.45, 7) is 7.50. The number of hydrogen-bond acceptors (Lipinski definition) is 5. The van der Waals surface area contributed by atoms with Gasteiger partial charge in [-0.3, -0.25) is 14.4 Å². The van der Waals surface area contributed by atoms with Crippen molar-refractivity contribution >= 4 is 23.4 Å². The SMILES string of the molecule is CCCN1C(=O)C(=O)/C(=C(\O)c2ccc(C)c(C)c2)C1c1ccc(OC(C)=O)cc1. The highest BCUT2D eigenvalue weighted by Gasteiger charge is 2.45. The molecule has 3 rings (SSSR count). The first-order chi connectivity index (χ1) is 14.2. The van der Waals surface area contributed by atoms with E-state index in [-0.39, 0.29) is 11.3 Å². The van der Waals surface area contributed by atoms with Crippen LogP contribution >= 0.6 is 0 Å². The molecule has 0 spiro atoms. The van der Waals surface area contributed by atoms with Crippen molar-refractivity contribution in [3.8, 4) is 5.75 Å². The molecular weight excluding hydrogens is 382 g/mol. The Bertz CT molecular complexity index is 1040. The lowest BCUT2D eigenvalue weighted by atomic mass is 9.94. The Morgan fingerprint density at radius 3 is 2.30 bits per heavy atom. The van der Waals surface area contributed by atoms with E-state index in [1.165, 1.54) is 11.8 Å². The largest absolute Gasteiger partial charge is 0.507 e. The molecule has 1 amide bonds. The number of ether oxygens (including phenoxy) is 1. The van der Waals surface area contributed by atoms with Crippen molar-refractivity contribution in [2.75, 3.05) is 6.54 Å². The molecule has 0 radical (unpaired) electrons. The van der Waals surface area contributed by atoms with E-state index >= 15 is 0 Å². The number of nitrogens with zero attached hydrogens (tertiary/aromatic N) is 1. The van der Waals surface area contributed by atoms with Gasteiger partial charge in [-0.1, -0.05) is 31.2 Å². The Morgan fingerprint density at radius 2 is 1.73 bits per heavy atom. The van der Waals surface area contributed by atoms with Crippen LogP contribution in [-0.2, 0) is 14.4 Å². The van der Waals surface area contributed by atoms with Gasteiger partial charge in [0, 0.05) is 19.0 Å². The van der Waals surface area contributed by atoms with Gasteiger partial charge in [-0.05, 0) is 55.2 Å². The van der Waals surface area contributed by atoms with Crippen LogP contribution in [0.3, 0.4) is 0 Å². The summed E-state index contributed by atoms with van der Waals surface area (Å²) in [6.07, 6.45) is 0.665. The molecule has 0 saturated carbocycles. The second-order valence-electron chi connectivity index (χ2n) is 7.45. The molecule has 0 aliphatic carbocycles. The number of Topliss-reactive ketones (excluding diaryl/α,β-unsaturated/α-hetero) is 1. The molecule has 6 heteroatoms. The highest BCUT2D eigenvalue weighted by atomic mass is 16.5. The predicted molar refractivity (Wildman–Crippen MR) is 113 cm³/mol. The van der Waals surface area contributed by atoms with Crippen molar-refractivity contribution in [1.29, 1.82) is 0 Å². The summed E-state index contributed by atoms with van der Waals surface area (Å²) >= 11 is 0. The number of aryl methyl sites for hydroxylation is 2. The highest BCUT2D eigenvalue weighted by molar-refractivity contribution is 6.46. The first-order valence-corrected chi connectivity index (χ1v) is 9.89. The van der Waals surface area contributed by atoms with Crippen molar-refractivity contribution in [3.05, 3.63) is 70.3 Å². The zero-order valence-corrected chi connectivity index (χ0v) is 17.6. The number of hydrogen-bond donors (Lipinski definition) is 1. The van der Waals surface area contributed by atoms with Crippen LogP contribution in [0, 0.1) is 13.8 Å². The minimum Gasteiger partial charge on any atom is -0.507 e. The third-order valence-electron chi connectivity index (χ3n) is 5.24. The van der Waals surface area contributed by atoms with Crippen LogP contribution in [0.25, 0.3) is 5.76 Å². The Balaban J connectivity index is 2.13. The number of rotatable bonds is 5. The Kier molecular flexibility index (Phi) is 6.06. The standard InChI is InChI=1S/C24H25NO5/c1-5-12-25-21(17-8-10-19(11-9-17)30-16(4)26)20(23(28)24(25)29)22(27)18-7-6-14(2)15(3)13-18/h6-11,13,21,27H,5,12H2,1-4H3/b22-20-. The van der Waals surface area contributed by atoms with Gasteiger partial charge in [0.1, 0.15) is 11.5 Å². The lowest BCUT2D eigenvalue weighted by Crippen LogP contribution is -2.30. The third kappa shape index (κ3) is 3.99. The summed E-state index contributed by atoms with van der Waals surface area (Å²) in [7, 11) is 0. The van der Waals surface area contributed by atoms with E-state index in [4.69, 9.17) is 4.74 Å². The number of aliphatic hydroxyl groups excluding tert-OH is 1. The fourth-order valence-electron chi connectivity index (χ4n) is 3.63. The van der Waals surface area contributed by atoms with Crippen molar-refractivity contribution in [3.63, 3.8) is 0 Å². The van der Waals surface area contributed by atoms with Crippen LogP contribution in [-0.4, -0.2) is 34.2 Å². The molecule has 1 N–H and O–H groups in total. The van der Waals surface area contributed by atoms with Crippen LogP contribution in [0.4, 0.5) is 0 Å². The van der Waals surface area contributed by atoms with E-state index in [0.29, 0.717) is 29.8 Å². The number of aliphatic hydroxyl groups is 1. The zero-order chi connectivity index (χ0) is 22.0. The van der Waals surface area contributed by atoms with E-state index in [2.05, 4.69) is 0 Å². The smallest absolute Gasteiger partial charge is 0.308 e. The van der Waals surface area contributed by atoms with Gasteiger partial charge in [0.15, 0.2) is 0 Å². The van der Waals surface area contributed by atoms with Gasteiger partial charge >= 0.3 is 5.97 Å². The van der Waals surface area contributed by atoms with Crippen molar-refractivity contribution in [2.45, 2.75) is 40.2 Å². The van der Waals surface area contributed by atoms with Gasteiger partial charge in [-0.15, -0.1) is 0 Å². The normalized spacial score (nSPS) is 18.0. The van der Waals surface area contributed by atoms with E-state index in [1.807, 2.05) is 26.8 Å². The number of benzene rings is 2. The second kappa shape index (κ2) is 8.53. The van der Waals surface area contributed by atoms with Gasteiger partial charge < -0.3 is 14.7 Å². The lowest BCUT2D eigenvalue weighted by Gasteiger charge is -2.25. The number of carbonyl (C=O) groups excluding carboxylic acids is 3. The topological polar surface area (TPSA) is 83.9 Å². The lowest BCUT2D eigenvalue weighted by molar-refractivity contribution is -0.139. The maximum atomic E-state index is 12.9. The molecule has 2 aromatic carbocycles. The average molecular weight is 407 g/mol. The fourth-order valence-corrected chi connectivity index (χ4v) is 3.63. The summed E-state index contributed by atoms with van der Waals surface area (Å²) in [5, 5.41) is 11.0. The fraction of sp³-hybridized carbons (Fsp3) is 0.292. The third-order valence-corrected chi connectivity index (χ3v) is 5.24. The molecule has 1 aliphatic heterocycles. The minimum absolute atomic E-state index is 0.0666. The predicted octanol–water partition coefficient (Wildman–Crippen LogP) is 4.06. The monoisotopic (exact) mass is 407 g/mol. The first kappa shape index (κ1) is 21.3. The van der Waals surface area contributed by atoms with Crippen LogP contribution in [0.5, 0.6) is 5.75 Å². The van der Waals surface area contributed by atoms with Gasteiger partial charge in [0.05, 0.1) is 11.6 Å². The molecule has 0 bridgehead atoms. The molecule has 1 fully saturated rings. The van der Waals surface area contributed by atoms with Gasteiger partial charge in [0.25, 0.3) is 11.7 Å². The molecule has 156 valence electrons. The minimum atomic E-state index is -0.710. The number of ketones is 1. The summed E-state index contributed by atoms with van der Waals surface area (Å²) in [6, 6.07) is 11.3. The first-order valence-electron chi connectivity index (χ1n) is 9.89. The zero-order valence-electron chi connectivity index (χ0n) is 17.6. The van der Waals surface area contributed by atoms with Crippen molar-refractivity contribution in [2.24, 2.45) is 0 Å². The molecule has 1 atom stereocenters. The van der Waals surface area contributed by atoms with Crippen molar-refractivity contribution < 1.29 is 24.2 Å². The Hall–Kier alpha value is -3.41. The molecule has 1 saturated heterocycles. The molecular formula is C24H25NO5. The Morgan fingerprint density at radius 1 is 1.07 bits per heavy atom. The number of carbonyl (C=O) groups is 3. The molecule has 1 unspecified atom stereocenters. The summed E-state index contributed by atoms with van der Waals surface area (Å²) in [4.78, 5) is 38.2. The maximum absolute atomic E-state index is 12.9.